The van der Waals surface area contributed by atoms with E-state index in [0.717, 1.165) is 6.61 Å². The Labute approximate surface area is 63.2 Å². The molecule has 0 bridgehead atoms. The van der Waals surface area contributed by atoms with E-state index in [9.17, 15) is 4.39 Å². The lowest BCUT2D eigenvalue weighted by Gasteiger charge is -2.32. The lowest BCUT2D eigenvalue weighted by atomic mass is 10.0. The lowest BCUT2D eigenvalue weighted by molar-refractivity contribution is -0.153. The smallest absolute Gasteiger partial charge is 0.157 e. The molecule has 1 heterocycles. The van der Waals surface area contributed by atoms with E-state index in [-0.39, 0.29) is 0 Å². The highest BCUT2D eigenvalue weighted by Crippen LogP contribution is 2.19. The van der Waals surface area contributed by atoms with Crippen LogP contribution in [0.5, 0.6) is 0 Å². The van der Waals surface area contributed by atoms with Gasteiger partial charge in [-0.15, -0.1) is 0 Å². The molecule has 1 aliphatic rings. The number of aliphatic hydroxyl groups excluding tert-OH is 3. The Bertz CT molecular complexity index is 130. The summed E-state index contributed by atoms with van der Waals surface area (Å²) in [5, 5.41) is 26.4. The Morgan fingerprint density at radius 2 is 2.00 bits per heavy atom. The maximum absolute atomic E-state index is 12.5. The molecule has 1 rings (SSSR count). The summed E-state index contributed by atoms with van der Waals surface area (Å²) in [6.07, 6.45) is -5.47. The standard InChI is InChI=1S/C6H10FO4/c7-3-2-11-4(1-8)6(10)5(3)9/h2-6,8-10H,1H2/t3-,4-,5-,6-/m1/s1. The van der Waals surface area contributed by atoms with Crippen LogP contribution in [0.25, 0.3) is 0 Å². The van der Waals surface area contributed by atoms with Gasteiger partial charge in [0.05, 0.1) is 6.61 Å². The third-order valence-electron chi connectivity index (χ3n) is 1.62. The Balaban J connectivity index is 2.52. The SMILES string of the molecule is OC[C@H]1O[CH][C@@H](F)[C@@H](O)[C@@H]1O. The molecule has 5 heteroatoms. The van der Waals surface area contributed by atoms with Crippen LogP contribution in [0.1, 0.15) is 0 Å². The Kier molecular flexibility index (Phi) is 2.78. The fraction of sp³-hybridized carbons (Fsp3) is 0.833. The molecule has 0 amide bonds. The van der Waals surface area contributed by atoms with Gasteiger partial charge < -0.3 is 20.1 Å². The van der Waals surface area contributed by atoms with Crippen molar-refractivity contribution >= 4 is 0 Å². The fourth-order valence-corrected chi connectivity index (χ4v) is 0.896. The zero-order valence-electron chi connectivity index (χ0n) is 5.72. The van der Waals surface area contributed by atoms with Crippen molar-refractivity contribution in [2.24, 2.45) is 0 Å². The third-order valence-corrected chi connectivity index (χ3v) is 1.62. The molecule has 0 unspecified atom stereocenters. The summed E-state index contributed by atoms with van der Waals surface area (Å²) >= 11 is 0. The van der Waals surface area contributed by atoms with Crippen molar-refractivity contribution in [2.75, 3.05) is 6.61 Å². The first-order chi connectivity index (χ1) is 5.16. The molecule has 4 nitrogen and oxygen atoms in total. The summed E-state index contributed by atoms with van der Waals surface area (Å²) in [7, 11) is 0. The highest BCUT2D eigenvalue weighted by atomic mass is 19.1. The van der Waals surface area contributed by atoms with E-state index in [0.29, 0.717) is 0 Å². The molecule has 0 aromatic rings. The average molecular weight is 165 g/mol. The maximum atomic E-state index is 12.5. The molecule has 1 fully saturated rings. The predicted octanol–water partition coefficient (Wildman–Crippen LogP) is -1.40. The molecule has 0 saturated carbocycles. The molecule has 0 aromatic carbocycles. The molecule has 0 spiro atoms. The van der Waals surface area contributed by atoms with Gasteiger partial charge in [-0.25, -0.2) is 4.39 Å². The van der Waals surface area contributed by atoms with E-state index in [1.54, 1.807) is 0 Å². The number of halogens is 1. The number of alkyl halides is 1. The number of aliphatic hydroxyl groups is 3. The van der Waals surface area contributed by atoms with E-state index in [1.165, 1.54) is 0 Å². The van der Waals surface area contributed by atoms with E-state index in [4.69, 9.17) is 15.3 Å². The van der Waals surface area contributed by atoms with Crippen molar-refractivity contribution in [3.05, 3.63) is 6.61 Å². The minimum atomic E-state index is -1.69. The molecular formula is C6H10FO4. The van der Waals surface area contributed by atoms with E-state index >= 15 is 0 Å². The number of hydrogen-bond acceptors (Lipinski definition) is 4. The van der Waals surface area contributed by atoms with Crippen LogP contribution in [0.2, 0.25) is 0 Å². The van der Waals surface area contributed by atoms with E-state index in [2.05, 4.69) is 4.74 Å². The monoisotopic (exact) mass is 165 g/mol. The molecule has 3 N–H and O–H groups in total. The van der Waals surface area contributed by atoms with Crippen LogP contribution < -0.4 is 0 Å². The Hall–Kier alpha value is -0.230. The van der Waals surface area contributed by atoms with E-state index < -0.39 is 31.1 Å². The molecule has 1 saturated heterocycles. The van der Waals surface area contributed by atoms with Crippen LogP contribution in [-0.4, -0.2) is 46.4 Å². The topological polar surface area (TPSA) is 69.9 Å². The van der Waals surface area contributed by atoms with Crippen molar-refractivity contribution in [1.82, 2.24) is 0 Å². The molecule has 1 aliphatic heterocycles. The molecular weight excluding hydrogens is 155 g/mol. The van der Waals surface area contributed by atoms with Crippen molar-refractivity contribution in [3.8, 4) is 0 Å². The zero-order chi connectivity index (χ0) is 8.43. The van der Waals surface area contributed by atoms with Crippen LogP contribution in [0.4, 0.5) is 4.39 Å². The fourth-order valence-electron chi connectivity index (χ4n) is 0.896. The molecule has 11 heavy (non-hydrogen) atoms. The minimum absolute atomic E-state index is 0.443. The van der Waals surface area contributed by atoms with E-state index in [1.807, 2.05) is 0 Å². The maximum Gasteiger partial charge on any atom is 0.157 e. The van der Waals surface area contributed by atoms with Gasteiger partial charge in [-0.1, -0.05) is 0 Å². The summed E-state index contributed by atoms with van der Waals surface area (Å²) < 4.78 is 17.0. The van der Waals surface area contributed by atoms with Gasteiger partial charge in [-0.3, -0.25) is 0 Å². The second-order valence-electron chi connectivity index (χ2n) is 2.42. The van der Waals surface area contributed by atoms with Gasteiger partial charge in [-0.05, 0) is 0 Å². The highest BCUT2D eigenvalue weighted by molar-refractivity contribution is 4.91. The van der Waals surface area contributed by atoms with Crippen LogP contribution in [0, 0.1) is 6.61 Å². The molecule has 0 aromatic heterocycles. The lowest BCUT2D eigenvalue weighted by Crippen LogP contribution is -2.50. The predicted molar refractivity (Wildman–Crippen MR) is 33.2 cm³/mol. The Morgan fingerprint density at radius 3 is 2.55 bits per heavy atom. The van der Waals surface area contributed by atoms with Gasteiger partial charge in [0.2, 0.25) is 0 Å². The van der Waals surface area contributed by atoms with Gasteiger partial charge in [0.25, 0.3) is 0 Å². The summed E-state index contributed by atoms with van der Waals surface area (Å²) in [5.74, 6) is 0. The molecule has 4 atom stereocenters. The average Bonchev–Trinajstić information content (AvgIpc) is 2.01. The quantitative estimate of drug-likeness (QED) is 0.447. The summed E-state index contributed by atoms with van der Waals surface area (Å²) in [6.45, 7) is 0.333. The second kappa shape index (κ2) is 3.44. The first kappa shape index (κ1) is 8.86. The van der Waals surface area contributed by atoms with Crippen LogP contribution in [0.15, 0.2) is 0 Å². The number of hydrogen-bond donors (Lipinski definition) is 3. The normalized spacial score (nSPS) is 45.8. The number of ether oxygens (including phenoxy) is 1. The van der Waals surface area contributed by atoms with Gasteiger partial charge in [0.15, 0.2) is 6.17 Å². The molecule has 0 aliphatic carbocycles. The number of rotatable bonds is 1. The van der Waals surface area contributed by atoms with Gasteiger partial charge in [0, 0.05) is 0 Å². The summed E-state index contributed by atoms with van der Waals surface area (Å²) in [4.78, 5) is 0. The highest BCUT2D eigenvalue weighted by Gasteiger charge is 2.38. The third kappa shape index (κ3) is 1.67. The first-order valence-electron chi connectivity index (χ1n) is 3.26. The minimum Gasteiger partial charge on any atom is -0.394 e. The van der Waals surface area contributed by atoms with Crippen molar-refractivity contribution in [1.29, 1.82) is 0 Å². The zero-order valence-corrected chi connectivity index (χ0v) is 5.72. The largest absolute Gasteiger partial charge is 0.394 e. The second-order valence-corrected chi connectivity index (χ2v) is 2.42. The first-order valence-corrected chi connectivity index (χ1v) is 3.26. The van der Waals surface area contributed by atoms with Crippen molar-refractivity contribution < 1.29 is 24.4 Å². The Morgan fingerprint density at radius 1 is 1.36 bits per heavy atom. The van der Waals surface area contributed by atoms with Crippen molar-refractivity contribution in [3.63, 3.8) is 0 Å². The summed E-state index contributed by atoms with van der Waals surface area (Å²) in [6, 6.07) is 0. The molecule has 65 valence electrons. The van der Waals surface area contributed by atoms with Crippen LogP contribution >= 0.6 is 0 Å². The van der Waals surface area contributed by atoms with Gasteiger partial charge >= 0.3 is 0 Å². The van der Waals surface area contributed by atoms with Crippen LogP contribution in [-0.2, 0) is 4.74 Å². The molecule has 1 radical (unpaired) electrons. The summed E-state index contributed by atoms with van der Waals surface area (Å²) in [5.41, 5.74) is 0. The van der Waals surface area contributed by atoms with Gasteiger partial charge in [-0.2, -0.15) is 0 Å². The van der Waals surface area contributed by atoms with Gasteiger partial charge in [0.1, 0.15) is 24.9 Å². The van der Waals surface area contributed by atoms with Crippen molar-refractivity contribution in [2.45, 2.75) is 24.5 Å². The van der Waals surface area contributed by atoms with Crippen LogP contribution in [0.3, 0.4) is 0 Å².